The Hall–Kier alpha value is -1.75. The SMILES string of the molecule is CC(C)NC(=O)[C@H](C)N(Cc1ccc(Cl)cc1)C(=O)Cc1ccc(Cl)cc1Cl. The van der Waals surface area contributed by atoms with Gasteiger partial charge < -0.3 is 10.2 Å². The van der Waals surface area contributed by atoms with Gasteiger partial charge in [0.2, 0.25) is 11.8 Å². The van der Waals surface area contributed by atoms with Crippen LogP contribution in [0.5, 0.6) is 0 Å². The summed E-state index contributed by atoms with van der Waals surface area (Å²) in [6.45, 7) is 5.76. The van der Waals surface area contributed by atoms with Crippen LogP contribution in [0.1, 0.15) is 31.9 Å². The number of benzene rings is 2. The molecule has 0 radical (unpaired) electrons. The molecule has 0 fully saturated rings. The van der Waals surface area contributed by atoms with Gasteiger partial charge in [0, 0.05) is 27.7 Å². The van der Waals surface area contributed by atoms with Gasteiger partial charge in [0.25, 0.3) is 0 Å². The predicted octanol–water partition coefficient (Wildman–Crippen LogP) is 5.13. The molecule has 0 saturated carbocycles. The van der Waals surface area contributed by atoms with Crippen LogP contribution in [0.2, 0.25) is 15.1 Å². The largest absolute Gasteiger partial charge is 0.352 e. The minimum absolute atomic E-state index is 0.0202. The molecule has 2 rings (SSSR count). The lowest BCUT2D eigenvalue weighted by Gasteiger charge is -2.29. The molecular formula is C21H23Cl3N2O2. The van der Waals surface area contributed by atoms with E-state index in [4.69, 9.17) is 34.8 Å². The van der Waals surface area contributed by atoms with Crippen molar-refractivity contribution in [3.8, 4) is 0 Å². The van der Waals surface area contributed by atoms with Crippen molar-refractivity contribution in [1.29, 1.82) is 0 Å². The first-order valence-corrected chi connectivity index (χ1v) is 10.1. The van der Waals surface area contributed by atoms with Gasteiger partial charge >= 0.3 is 0 Å². The first-order valence-electron chi connectivity index (χ1n) is 8.95. The lowest BCUT2D eigenvalue weighted by molar-refractivity contribution is -0.140. The number of rotatable bonds is 7. The summed E-state index contributed by atoms with van der Waals surface area (Å²) in [7, 11) is 0. The molecular weight excluding hydrogens is 419 g/mol. The third kappa shape index (κ3) is 6.40. The minimum atomic E-state index is -0.642. The third-order valence-corrected chi connectivity index (χ3v) is 5.06. The standard InChI is InChI=1S/C21H23Cl3N2O2/c1-13(2)25-21(28)14(3)26(12-15-4-7-17(22)8-5-15)20(27)10-16-6-9-18(23)11-19(16)24/h4-9,11,13-14H,10,12H2,1-3H3,(H,25,28)/t14-/m0/s1. The Balaban J connectivity index is 2.26. The number of carbonyl (C=O) groups is 2. The summed E-state index contributed by atoms with van der Waals surface area (Å²) in [6.07, 6.45) is 0.0723. The molecule has 0 saturated heterocycles. The highest BCUT2D eigenvalue weighted by atomic mass is 35.5. The number of carbonyl (C=O) groups excluding carboxylic acids is 2. The van der Waals surface area contributed by atoms with E-state index in [-0.39, 0.29) is 30.8 Å². The van der Waals surface area contributed by atoms with E-state index >= 15 is 0 Å². The predicted molar refractivity (Wildman–Crippen MR) is 115 cm³/mol. The Morgan fingerprint density at radius 2 is 1.57 bits per heavy atom. The van der Waals surface area contributed by atoms with Crippen LogP contribution in [-0.2, 0) is 22.6 Å². The second kappa shape index (κ2) is 10.1. The topological polar surface area (TPSA) is 49.4 Å². The highest BCUT2D eigenvalue weighted by Gasteiger charge is 2.27. The van der Waals surface area contributed by atoms with E-state index in [2.05, 4.69) is 5.32 Å². The molecule has 1 N–H and O–H groups in total. The summed E-state index contributed by atoms with van der Waals surface area (Å²) >= 11 is 18.1. The minimum Gasteiger partial charge on any atom is -0.352 e. The molecule has 0 spiro atoms. The normalized spacial score (nSPS) is 12.0. The van der Waals surface area contributed by atoms with Gasteiger partial charge in [-0.15, -0.1) is 0 Å². The number of nitrogens with one attached hydrogen (secondary N) is 1. The summed E-state index contributed by atoms with van der Waals surface area (Å²) in [5, 5.41) is 4.40. The van der Waals surface area contributed by atoms with Crippen LogP contribution >= 0.6 is 34.8 Å². The molecule has 0 unspecified atom stereocenters. The molecule has 0 aliphatic heterocycles. The van der Waals surface area contributed by atoms with Gasteiger partial charge in [0.15, 0.2) is 0 Å². The maximum Gasteiger partial charge on any atom is 0.242 e. The molecule has 0 aliphatic carbocycles. The zero-order valence-corrected chi connectivity index (χ0v) is 18.3. The summed E-state index contributed by atoms with van der Waals surface area (Å²) in [6, 6.07) is 11.5. The monoisotopic (exact) mass is 440 g/mol. The lowest BCUT2D eigenvalue weighted by atomic mass is 10.1. The number of hydrogen-bond acceptors (Lipinski definition) is 2. The summed E-state index contributed by atoms with van der Waals surface area (Å²) in [4.78, 5) is 27.2. The molecule has 150 valence electrons. The summed E-state index contributed by atoms with van der Waals surface area (Å²) < 4.78 is 0. The van der Waals surface area contributed by atoms with Crippen molar-refractivity contribution in [1.82, 2.24) is 10.2 Å². The van der Waals surface area contributed by atoms with E-state index < -0.39 is 6.04 Å². The van der Waals surface area contributed by atoms with Crippen LogP contribution in [0, 0.1) is 0 Å². The van der Waals surface area contributed by atoms with Gasteiger partial charge in [-0.25, -0.2) is 0 Å². The molecule has 2 amide bonds. The summed E-state index contributed by atoms with van der Waals surface area (Å²) in [5.74, 6) is -0.412. The Kier molecular flexibility index (Phi) is 8.17. The van der Waals surface area contributed by atoms with Crippen molar-refractivity contribution in [3.05, 3.63) is 68.7 Å². The number of hydrogen-bond donors (Lipinski definition) is 1. The molecule has 2 aromatic rings. The second-order valence-corrected chi connectivity index (χ2v) is 8.18. The van der Waals surface area contributed by atoms with Crippen LogP contribution < -0.4 is 5.32 Å². The lowest BCUT2D eigenvalue weighted by Crippen LogP contribution is -2.49. The molecule has 0 heterocycles. The third-order valence-electron chi connectivity index (χ3n) is 4.22. The van der Waals surface area contributed by atoms with Gasteiger partial charge in [0.1, 0.15) is 6.04 Å². The van der Waals surface area contributed by atoms with Crippen molar-refractivity contribution in [2.24, 2.45) is 0 Å². The van der Waals surface area contributed by atoms with E-state index in [1.165, 1.54) is 0 Å². The van der Waals surface area contributed by atoms with Gasteiger partial charge in [-0.3, -0.25) is 9.59 Å². The van der Waals surface area contributed by atoms with E-state index in [1.807, 2.05) is 26.0 Å². The quantitative estimate of drug-likeness (QED) is 0.647. The fourth-order valence-electron chi connectivity index (χ4n) is 2.70. The first kappa shape index (κ1) is 22.5. The highest BCUT2D eigenvalue weighted by Crippen LogP contribution is 2.23. The van der Waals surface area contributed by atoms with Crippen molar-refractivity contribution in [3.63, 3.8) is 0 Å². The zero-order valence-electron chi connectivity index (χ0n) is 16.0. The number of amides is 2. The van der Waals surface area contributed by atoms with E-state index in [9.17, 15) is 9.59 Å². The molecule has 28 heavy (non-hydrogen) atoms. The smallest absolute Gasteiger partial charge is 0.242 e. The van der Waals surface area contributed by atoms with E-state index in [1.54, 1.807) is 42.2 Å². The summed E-state index contributed by atoms with van der Waals surface area (Å²) in [5.41, 5.74) is 1.54. The fourth-order valence-corrected chi connectivity index (χ4v) is 3.31. The first-order chi connectivity index (χ1) is 13.2. The molecule has 4 nitrogen and oxygen atoms in total. The molecule has 0 aromatic heterocycles. The van der Waals surface area contributed by atoms with Crippen molar-refractivity contribution >= 4 is 46.6 Å². The van der Waals surface area contributed by atoms with Crippen molar-refractivity contribution in [2.45, 2.75) is 45.8 Å². The van der Waals surface area contributed by atoms with Crippen LogP contribution in [0.15, 0.2) is 42.5 Å². The van der Waals surface area contributed by atoms with Crippen LogP contribution in [-0.4, -0.2) is 28.8 Å². The average Bonchev–Trinajstić information content (AvgIpc) is 2.62. The Morgan fingerprint density at radius 1 is 0.964 bits per heavy atom. The Labute approximate surface area is 180 Å². The zero-order chi connectivity index (χ0) is 20.8. The van der Waals surface area contributed by atoms with Crippen LogP contribution in [0.3, 0.4) is 0 Å². The average molecular weight is 442 g/mol. The van der Waals surface area contributed by atoms with Gasteiger partial charge in [0.05, 0.1) is 6.42 Å². The van der Waals surface area contributed by atoms with Crippen molar-refractivity contribution < 1.29 is 9.59 Å². The number of nitrogens with zero attached hydrogens (tertiary/aromatic N) is 1. The maximum atomic E-state index is 13.1. The van der Waals surface area contributed by atoms with Crippen LogP contribution in [0.4, 0.5) is 0 Å². The fraction of sp³-hybridized carbons (Fsp3) is 0.333. The maximum absolute atomic E-state index is 13.1. The van der Waals surface area contributed by atoms with Gasteiger partial charge in [-0.2, -0.15) is 0 Å². The van der Waals surface area contributed by atoms with Gasteiger partial charge in [-0.1, -0.05) is 53.0 Å². The molecule has 2 aromatic carbocycles. The molecule has 0 aliphatic rings. The molecule has 1 atom stereocenters. The Bertz CT molecular complexity index is 838. The van der Waals surface area contributed by atoms with Crippen LogP contribution in [0.25, 0.3) is 0 Å². The van der Waals surface area contributed by atoms with Gasteiger partial charge in [-0.05, 0) is 56.2 Å². The van der Waals surface area contributed by atoms with Crippen molar-refractivity contribution in [2.75, 3.05) is 0 Å². The Morgan fingerprint density at radius 3 is 2.14 bits per heavy atom. The second-order valence-electron chi connectivity index (χ2n) is 6.90. The molecule has 0 bridgehead atoms. The highest BCUT2D eigenvalue weighted by molar-refractivity contribution is 6.35. The molecule has 7 heteroatoms. The number of halogens is 3. The van der Waals surface area contributed by atoms with E-state index in [0.29, 0.717) is 20.6 Å². The van der Waals surface area contributed by atoms with E-state index in [0.717, 1.165) is 5.56 Å².